The summed E-state index contributed by atoms with van der Waals surface area (Å²) in [5.41, 5.74) is 0.846. The van der Waals surface area contributed by atoms with Crippen molar-refractivity contribution in [3.05, 3.63) is 54.6 Å². The number of amides is 3. The Hall–Kier alpha value is -2.43. The Balaban J connectivity index is 2.02. The van der Waals surface area contributed by atoms with Gasteiger partial charge in [-0.25, -0.2) is 0 Å². The summed E-state index contributed by atoms with van der Waals surface area (Å²) in [6, 6.07) is 8.53. The largest absolute Gasteiger partial charge is 0.345 e. The minimum atomic E-state index is -0.773. The van der Waals surface area contributed by atoms with E-state index in [4.69, 9.17) is 0 Å². The average Bonchev–Trinajstić information content (AvgIpc) is 2.83. The molecule has 0 spiro atoms. The highest BCUT2D eigenvalue weighted by molar-refractivity contribution is 6.15. The molecule has 1 aliphatic rings. The molecule has 0 aromatic heterocycles. The smallest absolute Gasteiger partial charge is 0.254 e. The first-order valence-electron chi connectivity index (χ1n) is 6.87. The molecule has 1 unspecified atom stereocenters. The molecule has 0 fully saturated rings. The number of nitrogens with zero attached hydrogens (tertiary/aromatic N) is 1. The standard InChI is InChI=1S/C16H17N2O3/c1-2-6-13(18-14(19)9-10-15(18)20)16(21)17-11-12-7-4-3-5-8-12/h3-5,7-11,13H,2,6H2,1H3,(H,17,21). The Morgan fingerprint density at radius 3 is 2.38 bits per heavy atom. The molecule has 1 aromatic carbocycles. The van der Waals surface area contributed by atoms with E-state index in [1.165, 1.54) is 12.2 Å². The maximum Gasteiger partial charge on any atom is 0.254 e. The van der Waals surface area contributed by atoms with Crippen LogP contribution in [0.2, 0.25) is 0 Å². The van der Waals surface area contributed by atoms with Crippen LogP contribution in [0.25, 0.3) is 0 Å². The van der Waals surface area contributed by atoms with Crippen LogP contribution in [0.5, 0.6) is 0 Å². The van der Waals surface area contributed by atoms with E-state index in [0.717, 1.165) is 10.5 Å². The number of hydrogen-bond donors (Lipinski definition) is 1. The third-order valence-corrected chi connectivity index (χ3v) is 3.20. The van der Waals surface area contributed by atoms with E-state index < -0.39 is 17.9 Å². The van der Waals surface area contributed by atoms with E-state index in [-0.39, 0.29) is 5.91 Å². The normalized spacial score (nSPS) is 15.4. The van der Waals surface area contributed by atoms with Crippen molar-refractivity contribution in [3.8, 4) is 0 Å². The van der Waals surface area contributed by atoms with Crippen LogP contribution in [-0.2, 0) is 14.4 Å². The molecule has 3 amide bonds. The zero-order valence-electron chi connectivity index (χ0n) is 11.8. The first-order chi connectivity index (χ1) is 10.1. The Bertz CT molecular complexity index is 548. The third kappa shape index (κ3) is 3.56. The quantitative estimate of drug-likeness (QED) is 0.804. The summed E-state index contributed by atoms with van der Waals surface area (Å²) in [5, 5.41) is 2.66. The zero-order valence-corrected chi connectivity index (χ0v) is 11.8. The van der Waals surface area contributed by atoms with Gasteiger partial charge in [0.25, 0.3) is 11.8 Å². The number of carbonyl (C=O) groups is 3. The van der Waals surface area contributed by atoms with Crippen LogP contribution in [0, 0.1) is 6.54 Å². The van der Waals surface area contributed by atoms with Gasteiger partial charge in [0.1, 0.15) is 6.04 Å². The van der Waals surface area contributed by atoms with Gasteiger partial charge in [0.2, 0.25) is 5.91 Å². The van der Waals surface area contributed by atoms with Crippen LogP contribution in [0.15, 0.2) is 42.5 Å². The molecular weight excluding hydrogens is 268 g/mol. The predicted molar refractivity (Wildman–Crippen MR) is 77.7 cm³/mol. The first kappa shape index (κ1) is 15.0. The predicted octanol–water partition coefficient (Wildman–Crippen LogP) is 1.41. The van der Waals surface area contributed by atoms with Crippen molar-refractivity contribution in [2.24, 2.45) is 0 Å². The molecule has 5 nitrogen and oxygen atoms in total. The molecule has 1 aliphatic heterocycles. The lowest BCUT2D eigenvalue weighted by Crippen LogP contribution is -2.49. The van der Waals surface area contributed by atoms with Crippen molar-refractivity contribution < 1.29 is 14.4 Å². The van der Waals surface area contributed by atoms with E-state index in [1.807, 2.05) is 37.3 Å². The number of benzene rings is 1. The van der Waals surface area contributed by atoms with E-state index >= 15 is 0 Å². The molecule has 0 saturated carbocycles. The molecule has 1 aromatic rings. The average molecular weight is 285 g/mol. The fourth-order valence-electron chi connectivity index (χ4n) is 2.17. The Morgan fingerprint density at radius 1 is 1.19 bits per heavy atom. The van der Waals surface area contributed by atoms with Crippen molar-refractivity contribution in [3.63, 3.8) is 0 Å². The molecule has 0 aliphatic carbocycles. The van der Waals surface area contributed by atoms with E-state index in [9.17, 15) is 14.4 Å². The minimum Gasteiger partial charge on any atom is -0.345 e. The molecule has 5 heteroatoms. The van der Waals surface area contributed by atoms with E-state index in [0.29, 0.717) is 12.8 Å². The van der Waals surface area contributed by atoms with Crippen molar-refractivity contribution in [2.75, 3.05) is 0 Å². The number of imide groups is 1. The van der Waals surface area contributed by atoms with Gasteiger partial charge in [0, 0.05) is 12.2 Å². The summed E-state index contributed by atoms with van der Waals surface area (Å²) in [7, 11) is 0. The molecule has 109 valence electrons. The molecule has 21 heavy (non-hydrogen) atoms. The van der Waals surface area contributed by atoms with Crippen molar-refractivity contribution in [2.45, 2.75) is 25.8 Å². The maximum atomic E-state index is 12.3. The van der Waals surface area contributed by atoms with Crippen molar-refractivity contribution in [1.82, 2.24) is 10.2 Å². The molecule has 1 N–H and O–H groups in total. The maximum absolute atomic E-state index is 12.3. The van der Waals surface area contributed by atoms with Crippen LogP contribution >= 0.6 is 0 Å². The van der Waals surface area contributed by atoms with Crippen LogP contribution in [0.1, 0.15) is 25.3 Å². The molecule has 2 rings (SSSR count). The van der Waals surface area contributed by atoms with Crippen LogP contribution in [-0.4, -0.2) is 28.7 Å². The third-order valence-electron chi connectivity index (χ3n) is 3.20. The lowest BCUT2D eigenvalue weighted by molar-refractivity contribution is -0.145. The second-order valence-corrected chi connectivity index (χ2v) is 4.75. The minimum absolute atomic E-state index is 0.355. The molecule has 0 saturated heterocycles. The second kappa shape index (κ2) is 6.83. The van der Waals surface area contributed by atoms with Crippen molar-refractivity contribution in [1.29, 1.82) is 0 Å². The van der Waals surface area contributed by atoms with Crippen molar-refractivity contribution >= 4 is 17.7 Å². The molecule has 1 radical (unpaired) electrons. The topological polar surface area (TPSA) is 66.5 Å². The molecular formula is C16H17N2O3. The highest BCUT2D eigenvalue weighted by atomic mass is 16.2. The molecule has 1 heterocycles. The van der Waals surface area contributed by atoms with Crippen LogP contribution in [0.4, 0.5) is 0 Å². The summed E-state index contributed by atoms with van der Waals surface area (Å²) in [6.45, 7) is 3.48. The highest BCUT2D eigenvalue weighted by Gasteiger charge is 2.34. The van der Waals surface area contributed by atoms with Crippen LogP contribution < -0.4 is 5.32 Å². The Kier molecular flexibility index (Phi) is 4.87. The highest BCUT2D eigenvalue weighted by Crippen LogP contribution is 2.14. The van der Waals surface area contributed by atoms with Gasteiger partial charge in [0.05, 0.1) is 6.54 Å². The first-order valence-corrected chi connectivity index (χ1v) is 6.87. The fraction of sp³-hybridized carbons (Fsp3) is 0.250. The van der Waals surface area contributed by atoms with Gasteiger partial charge in [-0.2, -0.15) is 0 Å². The van der Waals surface area contributed by atoms with Gasteiger partial charge in [-0.15, -0.1) is 0 Å². The second-order valence-electron chi connectivity index (χ2n) is 4.75. The zero-order chi connectivity index (χ0) is 15.2. The van der Waals surface area contributed by atoms with E-state index in [2.05, 4.69) is 5.32 Å². The number of hydrogen-bond acceptors (Lipinski definition) is 3. The van der Waals surface area contributed by atoms with Gasteiger partial charge in [0.15, 0.2) is 0 Å². The summed E-state index contributed by atoms with van der Waals surface area (Å²) >= 11 is 0. The summed E-state index contributed by atoms with van der Waals surface area (Å²) in [5.74, 6) is -1.23. The lowest BCUT2D eigenvalue weighted by atomic mass is 10.1. The number of carbonyl (C=O) groups excluding carboxylic acids is 3. The monoisotopic (exact) mass is 285 g/mol. The fourth-order valence-corrected chi connectivity index (χ4v) is 2.17. The number of nitrogens with one attached hydrogen (secondary N) is 1. The number of rotatable bonds is 6. The Morgan fingerprint density at radius 2 is 1.81 bits per heavy atom. The molecule has 0 bridgehead atoms. The summed E-state index contributed by atoms with van der Waals surface area (Å²) in [6.07, 6.45) is 3.52. The lowest BCUT2D eigenvalue weighted by Gasteiger charge is -2.24. The van der Waals surface area contributed by atoms with Gasteiger partial charge in [-0.05, 0) is 12.0 Å². The summed E-state index contributed by atoms with van der Waals surface area (Å²) < 4.78 is 0. The van der Waals surface area contributed by atoms with E-state index in [1.54, 1.807) is 6.54 Å². The summed E-state index contributed by atoms with van der Waals surface area (Å²) in [4.78, 5) is 36.7. The molecule has 1 atom stereocenters. The van der Waals surface area contributed by atoms with Gasteiger partial charge in [-0.3, -0.25) is 19.3 Å². The van der Waals surface area contributed by atoms with Gasteiger partial charge in [-0.1, -0.05) is 43.7 Å². The van der Waals surface area contributed by atoms with Gasteiger partial charge < -0.3 is 5.32 Å². The SMILES string of the molecule is CCCC(C(=O)N[CH]c1ccccc1)N1C(=O)C=CC1=O. The Labute approximate surface area is 123 Å². The van der Waals surface area contributed by atoms with Gasteiger partial charge >= 0.3 is 0 Å². The van der Waals surface area contributed by atoms with Crippen LogP contribution in [0.3, 0.4) is 0 Å².